The molecule has 0 bridgehead atoms. The Bertz CT molecular complexity index is 203. The fourth-order valence-electron chi connectivity index (χ4n) is 0.844. The van der Waals surface area contributed by atoms with Crippen LogP contribution in [-0.4, -0.2) is 0 Å². The summed E-state index contributed by atoms with van der Waals surface area (Å²) < 4.78 is 1.66. The summed E-state index contributed by atoms with van der Waals surface area (Å²) in [5.74, 6) is 0. The van der Waals surface area contributed by atoms with Crippen LogP contribution >= 0.6 is 8.19 Å². The van der Waals surface area contributed by atoms with Crippen molar-refractivity contribution in [1.82, 2.24) is 0 Å². The average Bonchev–Trinajstić information content (AvgIpc) is 1.98. The van der Waals surface area contributed by atoms with Gasteiger partial charge in [-0.05, 0) is 0 Å². The molecule has 1 rings (SSSR count). The molecule has 0 amide bonds. The summed E-state index contributed by atoms with van der Waals surface area (Å²) >= 11 is 1.60. The van der Waals surface area contributed by atoms with Gasteiger partial charge in [0.05, 0.1) is 0 Å². The summed E-state index contributed by atoms with van der Waals surface area (Å²) in [6.07, 6.45) is 0. The van der Waals surface area contributed by atoms with Crippen molar-refractivity contribution in [3.63, 3.8) is 0 Å². The van der Waals surface area contributed by atoms with Crippen molar-refractivity contribution < 1.29 is 24.7 Å². The van der Waals surface area contributed by atoms with Crippen LogP contribution in [0.5, 0.6) is 0 Å². The Morgan fingerprint density at radius 3 is 1.78 bits per heavy atom. The molecule has 0 fully saturated rings. The van der Waals surface area contributed by atoms with Crippen molar-refractivity contribution in [2.24, 2.45) is 0 Å². The second kappa shape index (κ2) is 2.73. The first-order valence-electron chi connectivity index (χ1n) is 3.00. The molecule has 0 N–H and O–H groups in total. The Balaban J connectivity index is 3.29. The number of rotatable bonds is 0. The van der Waals surface area contributed by atoms with E-state index < -0.39 is 0 Å². The Morgan fingerprint density at radius 1 is 1.11 bits per heavy atom. The first-order chi connectivity index (χ1) is 4.13. The van der Waals surface area contributed by atoms with Crippen molar-refractivity contribution >= 4 is 11.2 Å². The molecule has 1 aromatic heterocycles. The first-order valence-corrected chi connectivity index (χ1v) is 5.23. The predicted molar refractivity (Wildman–Crippen MR) is 39.8 cm³/mol. The molecule has 0 aliphatic carbocycles. The number of aryl methyl sites for hydroxylation is 1. The topological polar surface area (TPSA) is 0 Å². The molecule has 0 nitrogen and oxygen atoms in total. The normalized spacial score (nSPS) is 10.9. The van der Waals surface area contributed by atoms with E-state index in [1.807, 2.05) is 0 Å². The van der Waals surface area contributed by atoms with Crippen LogP contribution in [0.4, 0.5) is 0 Å². The number of hydrogen-bond donors (Lipinski definition) is 0. The van der Waals surface area contributed by atoms with Crippen LogP contribution < -0.4 is 3.00 Å². The second-order valence-electron chi connectivity index (χ2n) is 2.38. The maximum absolute atomic E-state index is 2.24. The van der Waals surface area contributed by atoms with Crippen molar-refractivity contribution in [3.05, 3.63) is 16.4 Å². The summed E-state index contributed by atoms with van der Waals surface area (Å²) in [4.78, 5) is 0. The zero-order valence-corrected chi connectivity index (χ0v) is 9.46. The molecule has 0 saturated carbocycles. The van der Waals surface area contributed by atoms with E-state index in [-0.39, 0.29) is 0 Å². The molecule has 1 atom stereocenters. The fourth-order valence-corrected chi connectivity index (χ4v) is 3.81. The van der Waals surface area contributed by atoms with Crippen LogP contribution in [0.25, 0.3) is 0 Å². The van der Waals surface area contributed by atoms with Crippen molar-refractivity contribution in [1.29, 1.82) is 0 Å². The monoisotopic (exact) mass is 215 g/mol. The second-order valence-corrected chi connectivity index (χ2v) is 6.33. The maximum atomic E-state index is 2.24. The quantitative estimate of drug-likeness (QED) is 0.620. The third-order valence-corrected chi connectivity index (χ3v) is 5.03. The van der Waals surface area contributed by atoms with E-state index in [0.29, 0.717) is 0 Å². The van der Waals surface area contributed by atoms with E-state index in [1.165, 1.54) is 0 Å². The molecule has 0 aliphatic heterocycles. The summed E-state index contributed by atoms with van der Waals surface area (Å²) in [6.45, 7) is 6.71. The van der Waals surface area contributed by atoms with Gasteiger partial charge in [0, 0.05) is 0 Å². The van der Waals surface area contributed by atoms with E-state index in [2.05, 4.69) is 20.8 Å². The van der Waals surface area contributed by atoms with Gasteiger partial charge in [-0.25, -0.2) is 0 Å². The van der Waals surface area contributed by atoms with E-state index in [4.69, 9.17) is 0 Å². The van der Waals surface area contributed by atoms with Gasteiger partial charge in [0.1, 0.15) is 0 Å². The van der Waals surface area contributed by atoms with Gasteiger partial charge < -0.3 is 0 Å². The van der Waals surface area contributed by atoms with E-state index in [9.17, 15) is 0 Å². The third kappa shape index (κ3) is 1.39. The zero-order chi connectivity index (χ0) is 7.02. The van der Waals surface area contributed by atoms with Crippen LogP contribution in [0.1, 0.15) is 16.4 Å². The standard InChI is InChI=1S/C7H10P.Zr/c1-5-4-8-7(3)6(5)2;/h8H,1-3H3;. The molecule has 9 heavy (non-hydrogen) atoms. The number of hydrogen-bond acceptors (Lipinski definition) is 0. The molecule has 0 aliphatic rings. The first kappa shape index (κ1) is 7.77. The van der Waals surface area contributed by atoms with E-state index >= 15 is 0 Å². The average molecular weight is 216 g/mol. The van der Waals surface area contributed by atoms with Gasteiger partial charge >= 0.3 is 73.1 Å². The van der Waals surface area contributed by atoms with Gasteiger partial charge in [-0.15, -0.1) is 0 Å². The molecule has 0 radical (unpaired) electrons. The van der Waals surface area contributed by atoms with Gasteiger partial charge in [0.15, 0.2) is 0 Å². The minimum absolute atomic E-state index is 1.02. The third-order valence-electron chi connectivity index (χ3n) is 1.81. The molecule has 0 saturated heterocycles. The van der Waals surface area contributed by atoms with Gasteiger partial charge in [0.2, 0.25) is 0 Å². The molecule has 1 aromatic rings. The van der Waals surface area contributed by atoms with Gasteiger partial charge in [0.25, 0.3) is 0 Å². The van der Waals surface area contributed by atoms with Crippen LogP contribution in [0.3, 0.4) is 0 Å². The predicted octanol–water partition coefficient (Wildman–Crippen LogP) is 1.82. The fraction of sp³-hybridized carbons (Fsp3) is 0.429. The van der Waals surface area contributed by atoms with Crippen molar-refractivity contribution in [3.8, 4) is 0 Å². The molecule has 2 heteroatoms. The van der Waals surface area contributed by atoms with E-state index in [1.54, 1.807) is 44.1 Å². The van der Waals surface area contributed by atoms with Crippen molar-refractivity contribution in [2.75, 3.05) is 0 Å². The summed E-state index contributed by atoms with van der Waals surface area (Å²) in [6, 6.07) is 0. The van der Waals surface area contributed by atoms with Crippen LogP contribution in [0.15, 0.2) is 0 Å². The molecular weight excluding hydrogens is 206 g/mol. The summed E-state index contributed by atoms with van der Waals surface area (Å²) in [5, 5.41) is 1.60. The summed E-state index contributed by atoms with van der Waals surface area (Å²) in [7, 11) is 1.02. The van der Waals surface area contributed by atoms with Crippen molar-refractivity contribution in [2.45, 2.75) is 20.8 Å². The molecule has 1 unspecified atom stereocenters. The Hall–Kier alpha value is 0.663. The van der Waals surface area contributed by atoms with Crippen LogP contribution in [0.2, 0.25) is 0 Å². The zero-order valence-electron chi connectivity index (χ0n) is 6.00. The molecule has 47 valence electrons. The molecule has 1 heterocycles. The minimum atomic E-state index is 1.02. The molecule has 0 aromatic carbocycles. The Morgan fingerprint density at radius 2 is 1.67 bits per heavy atom. The van der Waals surface area contributed by atoms with Crippen LogP contribution in [-0.2, 0) is 24.7 Å². The Kier molecular flexibility index (Phi) is 2.35. The van der Waals surface area contributed by atoms with Crippen LogP contribution in [0, 0.1) is 20.8 Å². The SMILES string of the molecule is Cc1[pH][c]([Zr])c(C)c1C. The summed E-state index contributed by atoms with van der Waals surface area (Å²) in [5.41, 5.74) is 3.10. The van der Waals surface area contributed by atoms with Gasteiger partial charge in [-0.2, -0.15) is 0 Å². The Labute approximate surface area is 73.0 Å². The molecule has 0 spiro atoms. The van der Waals surface area contributed by atoms with Gasteiger partial charge in [-0.1, -0.05) is 0 Å². The molecular formula is C7H10PZr. The van der Waals surface area contributed by atoms with E-state index in [0.717, 1.165) is 8.19 Å². The van der Waals surface area contributed by atoms with Gasteiger partial charge in [-0.3, -0.25) is 0 Å².